The minimum absolute atomic E-state index is 0. The van der Waals surface area contributed by atoms with Crippen molar-refractivity contribution < 1.29 is 5.11 Å². The van der Waals surface area contributed by atoms with E-state index in [1.165, 1.54) is 0 Å². The Bertz CT molecular complexity index is 390. The molecule has 0 bridgehead atoms. The molecular weight excluding hydrogens is 293 g/mol. The number of benzene rings is 1. The number of hydrogen-bond acceptors (Lipinski definition) is 2. The maximum atomic E-state index is 10.1. The third-order valence-corrected chi connectivity index (χ3v) is 3.47. The molecule has 104 valence electrons. The third-order valence-electron chi connectivity index (χ3n) is 2.91. The van der Waals surface area contributed by atoms with Gasteiger partial charge in [-0.05, 0) is 29.5 Å². The molecule has 0 unspecified atom stereocenters. The first-order valence-electron chi connectivity index (χ1n) is 5.60. The predicted molar refractivity (Wildman–Crippen MR) is 80.7 cm³/mol. The second-order valence-electron chi connectivity index (χ2n) is 5.39. The number of hydrogen-bond donors (Lipinski definition) is 2. The molecule has 1 aromatic rings. The minimum Gasteiger partial charge on any atom is -0.388 e. The Labute approximate surface area is 125 Å². The lowest BCUT2D eigenvalue weighted by atomic mass is 9.83. The van der Waals surface area contributed by atoms with Crippen molar-refractivity contribution >= 4 is 35.6 Å². The highest BCUT2D eigenvalue weighted by molar-refractivity contribution is 6.35. The predicted octanol–water partition coefficient (Wildman–Crippen LogP) is 4.21. The van der Waals surface area contributed by atoms with Crippen molar-refractivity contribution in [3.8, 4) is 0 Å². The molecule has 0 aliphatic rings. The summed E-state index contributed by atoms with van der Waals surface area (Å²) in [6.45, 7) is 6.15. The molecule has 0 aromatic heterocycles. The summed E-state index contributed by atoms with van der Waals surface area (Å²) < 4.78 is 0. The van der Waals surface area contributed by atoms with Gasteiger partial charge in [-0.3, -0.25) is 0 Å². The molecule has 0 fully saturated rings. The van der Waals surface area contributed by atoms with Gasteiger partial charge in [0.25, 0.3) is 0 Å². The fraction of sp³-hybridized carbons (Fsp3) is 0.538. The quantitative estimate of drug-likeness (QED) is 0.878. The van der Waals surface area contributed by atoms with Crippen LogP contribution in [-0.2, 0) is 0 Å². The van der Waals surface area contributed by atoms with E-state index >= 15 is 0 Å². The number of aliphatic hydroxyl groups excluding tert-OH is 1. The molecule has 0 aliphatic heterocycles. The smallest absolute Gasteiger partial charge is 0.0819 e. The van der Waals surface area contributed by atoms with Crippen LogP contribution in [0.2, 0.25) is 10.0 Å². The van der Waals surface area contributed by atoms with Crippen LogP contribution in [0, 0.1) is 5.41 Å². The molecule has 0 aliphatic carbocycles. The fourth-order valence-electron chi connectivity index (χ4n) is 1.49. The zero-order chi connectivity index (χ0) is 13.2. The van der Waals surface area contributed by atoms with Gasteiger partial charge in [0.2, 0.25) is 0 Å². The molecule has 3 N–H and O–H groups in total. The Kier molecular flexibility index (Phi) is 6.97. The van der Waals surface area contributed by atoms with E-state index in [0.717, 1.165) is 0 Å². The van der Waals surface area contributed by atoms with Crippen LogP contribution in [0.3, 0.4) is 0 Å². The first kappa shape index (κ1) is 18.0. The Morgan fingerprint density at radius 1 is 1.28 bits per heavy atom. The molecule has 0 radical (unpaired) electrons. The zero-order valence-electron chi connectivity index (χ0n) is 10.8. The molecule has 0 saturated carbocycles. The van der Waals surface area contributed by atoms with Crippen LogP contribution in [0.5, 0.6) is 0 Å². The lowest BCUT2D eigenvalue weighted by Crippen LogP contribution is -2.36. The fourth-order valence-corrected chi connectivity index (χ4v) is 2.03. The van der Waals surface area contributed by atoms with Crippen molar-refractivity contribution in [2.24, 2.45) is 11.1 Å². The summed E-state index contributed by atoms with van der Waals surface area (Å²) >= 11 is 11.8. The standard InChI is InChI=1S/C13H19Cl2NO.ClH/c1-13(2,3)12(16)7-11(17)9-5-4-8(14)6-10(9)15;/h4-6,11-12,17H,7,16H2,1-3H3;1H/t11-,12+;/m0./s1. The van der Waals surface area contributed by atoms with Crippen molar-refractivity contribution in [3.63, 3.8) is 0 Å². The molecule has 1 aromatic carbocycles. The first-order chi connectivity index (χ1) is 7.71. The van der Waals surface area contributed by atoms with Crippen molar-refractivity contribution in [1.82, 2.24) is 0 Å². The molecule has 1 rings (SSSR count). The Hall–Kier alpha value is 0.01000. The molecule has 18 heavy (non-hydrogen) atoms. The van der Waals surface area contributed by atoms with Crippen molar-refractivity contribution in [1.29, 1.82) is 0 Å². The topological polar surface area (TPSA) is 46.2 Å². The van der Waals surface area contributed by atoms with Crippen LogP contribution < -0.4 is 5.73 Å². The van der Waals surface area contributed by atoms with Crippen LogP contribution in [0.4, 0.5) is 0 Å². The average molecular weight is 313 g/mol. The van der Waals surface area contributed by atoms with Crippen molar-refractivity contribution in [2.75, 3.05) is 0 Å². The van der Waals surface area contributed by atoms with E-state index in [1.54, 1.807) is 18.2 Å². The van der Waals surface area contributed by atoms with Gasteiger partial charge in [0.15, 0.2) is 0 Å². The number of nitrogens with two attached hydrogens (primary N) is 1. The van der Waals surface area contributed by atoms with Crippen LogP contribution in [-0.4, -0.2) is 11.1 Å². The third kappa shape index (κ3) is 4.94. The summed E-state index contributed by atoms with van der Waals surface area (Å²) in [5, 5.41) is 11.2. The average Bonchev–Trinajstić information content (AvgIpc) is 2.15. The highest BCUT2D eigenvalue weighted by Gasteiger charge is 2.24. The highest BCUT2D eigenvalue weighted by atomic mass is 35.5. The second kappa shape index (κ2) is 6.97. The Balaban J connectivity index is 0.00000289. The van der Waals surface area contributed by atoms with Gasteiger partial charge < -0.3 is 10.8 Å². The van der Waals surface area contributed by atoms with Gasteiger partial charge in [-0.2, -0.15) is 0 Å². The highest BCUT2D eigenvalue weighted by Crippen LogP contribution is 2.31. The largest absolute Gasteiger partial charge is 0.388 e. The number of rotatable bonds is 3. The number of halogens is 3. The van der Waals surface area contributed by atoms with E-state index in [1.807, 2.05) is 20.8 Å². The molecule has 2 nitrogen and oxygen atoms in total. The van der Waals surface area contributed by atoms with E-state index in [4.69, 9.17) is 28.9 Å². The monoisotopic (exact) mass is 311 g/mol. The maximum absolute atomic E-state index is 10.1. The van der Waals surface area contributed by atoms with Gasteiger partial charge in [0.1, 0.15) is 0 Å². The van der Waals surface area contributed by atoms with Crippen LogP contribution >= 0.6 is 35.6 Å². The zero-order valence-corrected chi connectivity index (χ0v) is 13.1. The van der Waals surface area contributed by atoms with Gasteiger partial charge >= 0.3 is 0 Å². The first-order valence-corrected chi connectivity index (χ1v) is 6.36. The van der Waals surface area contributed by atoms with Gasteiger partial charge in [-0.1, -0.05) is 50.0 Å². The van der Waals surface area contributed by atoms with Gasteiger partial charge in [0, 0.05) is 16.1 Å². The molecule has 0 spiro atoms. The lowest BCUT2D eigenvalue weighted by Gasteiger charge is -2.29. The van der Waals surface area contributed by atoms with Crippen molar-refractivity contribution in [2.45, 2.75) is 39.3 Å². The molecule has 0 saturated heterocycles. The van der Waals surface area contributed by atoms with Crippen LogP contribution in [0.15, 0.2) is 18.2 Å². The lowest BCUT2D eigenvalue weighted by molar-refractivity contribution is 0.133. The minimum atomic E-state index is -0.658. The molecule has 0 heterocycles. The van der Waals surface area contributed by atoms with Crippen LogP contribution in [0.1, 0.15) is 38.9 Å². The summed E-state index contributed by atoms with van der Waals surface area (Å²) in [4.78, 5) is 0. The SMILES string of the molecule is CC(C)(C)[C@H](N)C[C@H](O)c1ccc(Cl)cc1Cl.Cl. The van der Waals surface area contributed by atoms with Crippen molar-refractivity contribution in [3.05, 3.63) is 33.8 Å². The van der Waals surface area contributed by atoms with Gasteiger partial charge in [-0.25, -0.2) is 0 Å². The van der Waals surface area contributed by atoms with Gasteiger partial charge in [0.05, 0.1) is 6.10 Å². The summed E-state index contributed by atoms with van der Waals surface area (Å²) in [6.07, 6.45) is -0.181. The molecule has 0 amide bonds. The van der Waals surface area contributed by atoms with Crippen LogP contribution in [0.25, 0.3) is 0 Å². The van der Waals surface area contributed by atoms with E-state index in [2.05, 4.69) is 0 Å². The Morgan fingerprint density at radius 3 is 2.28 bits per heavy atom. The summed E-state index contributed by atoms with van der Waals surface area (Å²) in [5.41, 5.74) is 6.67. The Morgan fingerprint density at radius 2 is 1.83 bits per heavy atom. The normalized spacial score (nSPS) is 14.8. The van der Waals surface area contributed by atoms with E-state index in [0.29, 0.717) is 22.0 Å². The van der Waals surface area contributed by atoms with E-state index in [9.17, 15) is 5.11 Å². The maximum Gasteiger partial charge on any atom is 0.0819 e. The number of aliphatic hydroxyl groups is 1. The summed E-state index contributed by atoms with van der Waals surface area (Å²) in [7, 11) is 0. The van der Waals surface area contributed by atoms with E-state index in [-0.39, 0.29) is 23.9 Å². The van der Waals surface area contributed by atoms with Gasteiger partial charge in [-0.15, -0.1) is 12.4 Å². The molecular formula is C13H20Cl3NO. The summed E-state index contributed by atoms with van der Waals surface area (Å²) in [6, 6.07) is 4.99. The molecule has 2 atom stereocenters. The second-order valence-corrected chi connectivity index (χ2v) is 6.23. The van der Waals surface area contributed by atoms with E-state index < -0.39 is 6.10 Å². The molecule has 5 heteroatoms. The summed E-state index contributed by atoms with van der Waals surface area (Å²) in [5.74, 6) is 0.